The first-order chi connectivity index (χ1) is 10.2. The van der Waals surface area contributed by atoms with E-state index < -0.39 is 0 Å². The molecule has 0 radical (unpaired) electrons. The highest BCUT2D eigenvalue weighted by Crippen LogP contribution is 2.32. The summed E-state index contributed by atoms with van der Waals surface area (Å²) in [5, 5.41) is 0. The predicted molar refractivity (Wildman–Crippen MR) is 88.6 cm³/mol. The van der Waals surface area contributed by atoms with Crippen molar-refractivity contribution in [2.75, 3.05) is 0 Å². The van der Waals surface area contributed by atoms with E-state index in [9.17, 15) is 0 Å². The minimum atomic E-state index is 0.265. The van der Waals surface area contributed by atoms with Crippen molar-refractivity contribution in [1.29, 1.82) is 0 Å². The molecular weight excluding hydrogens is 258 g/mol. The highest BCUT2D eigenvalue weighted by atomic mass is 15.1. The van der Waals surface area contributed by atoms with Gasteiger partial charge in [0, 0.05) is 18.5 Å². The summed E-state index contributed by atoms with van der Waals surface area (Å²) in [4.78, 5) is 4.99. The second-order valence-corrected chi connectivity index (χ2v) is 6.52. The van der Waals surface area contributed by atoms with Gasteiger partial charge in [0.25, 0.3) is 0 Å². The molecule has 3 rings (SSSR count). The normalized spacial score (nSPS) is 23.4. The summed E-state index contributed by atoms with van der Waals surface area (Å²) in [5.41, 5.74) is 10.2. The van der Waals surface area contributed by atoms with E-state index in [0.29, 0.717) is 5.92 Å². The number of hydrogen-bond donors (Lipinski definition) is 1. The van der Waals surface area contributed by atoms with Crippen molar-refractivity contribution in [1.82, 2.24) is 9.55 Å². The Labute approximate surface area is 127 Å². The predicted octanol–water partition coefficient (Wildman–Crippen LogP) is 4.13. The van der Waals surface area contributed by atoms with Crippen LogP contribution in [0.15, 0.2) is 18.2 Å². The quantitative estimate of drug-likeness (QED) is 0.862. The number of aromatic nitrogens is 2. The second kappa shape index (κ2) is 6.18. The van der Waals surface area contributed by atoms with Crippen LogP contribution < -0.4 is 5.73 Å². The fourth-order valence-corrected chi connectivity index (χ4v) is 3.66. The fourth-order valence-electron chi connectivity index (χ4n) is 3.66. The first-order valence-electron chi connectivity index (χ1n) is 8.43. The minimum Gasteiger partial charge on any atom is -0.328 e. The highest BCUT2D eigenvalue weighted by molar-refractivity contribution is 5.77. The Morgan fingerprint density at radius 1 is 1.24 bits per heavy atom. The summed E-state index contributed by atoms with van der Waals surface area (Å²) >= 11 is 0. The van der Waals surface area contributed by atoms with E-state index in [4.69, 9.17) is 10.7 Å². The van der Waals surface area contributed by atoms with Gasteiger partial charge in [0.15, 0.2) is 0 Å². The molecule has 2 unspecified atom stereocenters. The maximum Gasteiger partial charge on any atom is 0.114 e. The van der Waals surface area contributed by atoms with Crippen molar-refractivity contribution in [2.24, 2.45) is 5.73 Å². The Morgan fingerprint density at radius 2 is 2.05 bits per heavy atom. The number of aryl methyl sites for hydroxylation is 2. The maximum absolute atomic E-state index is 6.47. The highest BCUT2D eigenvalue weighted by Gasteiger charge is 2.27. The lowest BCUT2D eigenvalue weighted by Gasteiger charge is -2.22. The minimum absolute atomic E-state index is 0.265. The number of fused-ring (bicyclic) bond motifs is 1. The van der Waals surface area contributed by atoms with E-state index in [1.165, 1.54) is 42.6 Å². The van der Waals surface area contributed by atoms with Gasteiger partial charge in [-0.3, -0.25) is 0 Å². The summed E-state index contributed by atoms with van der Waals surface area (Å²) < 4.78 is 2.42. The van der Waals surface area contributed by atoms with Gasteiger partial charge in [-0.1, -0.05) is 32.3 Å². The lowest BCUT2D eigenvalue weighted by Crippen LogP contribution is -2.29. The molecule has 1 aliphatic carbocycles. The average Bonchev–Trinajstić information content (AvgIpc) is 2.65. The van der Waals surface area contributed by atoms with Gasteiger partial charge < -0.3 is 10.3 Å². The standard InChI is InChI=1S/C18H27N3/c1-3-11-21-17-10-9-13(2)12-16(17)20-18(21)14-7-5-4-6-8-15(14)19/h9-10,12,14-15H,3-8,11,19H2,1-2H3. The van der Waals surface area contributed by atoms with Crippen LogP contribution in [0, 0.1) is 6.92 Å². The molecule has 1 aromatic carbocycles. The molecule has 3 heteroatoms. The van der Waals surface area contributed by atoms with E-state index >= 15 is 0 Å². The zero-order chi connectivity index (χ0) is 14.8. The zero-order valence-electron chi connectivity index (χ0n) is 13.3. The van der Waals surface area contributed by atoms with Crippen LogP contribution in [0.2, 0.25) is 0 Å². The third-order valence-corrected chi connectivity index (χ3v) is 4.78. The molecule has 1 saturated carbocycles. The Kier molecular flexibility index (Phi) is 4.29. The van der Waals surface area contributed by atoms with Gasteiger partial charge in [-0.05, 0) is 43.9 Å². The molecular formula is C18H27N3. The van der Waals surface area contributed by atoms with E-state index in [0.717, 1.165) is 24.9 Å². The third kappa shape index (κ3) is 2.84. The van der Waals surface area contributed by atoms with Gasteiger partial charge in [-0.25, -0.2) is 4.98 Å². The van der Waals surface area contributed by atoms with E-state index in [1.807, 2.05) is 0 Å². The Balaban J connectivity index is 2.08. The maximum atomic E-state index is 6.47. The van der Waals surface area contributed by atoms with Crippen molar-refractivity contribution in [3.63, 3.8) is 0 Å². The van der Waals surface area contributed by atoms with Crippen LogP contribution in [-0.2, 0) is 6.54 Å². The average molecular weight is 285 g/mol. The molecule has 1 heterocycles. The molecule has 0 saturated heterocycles. The molecule has 1 aliphatic rings. The van der Waals surface area contributed by atoms with Crippen molar-refractivity contribution in [2.45, 2.75) is 70.9 Å². The van der Waals surface area contributed by atoms with Gasteiger partial charge in [0.2, 0.25) is 0 Å². The topological polar surface area (TPSA) is 43.8 Å². The summed E-state index contributed by atoms with van der Waals surface area (Å²) in [6.45, 7) is 5.41. The first kappa shape index (κ1) is 14.6. The van der Waals surface area contributed by atoms with Crippen LogP contribution >= 0.6 is 0 Å². The van der Waals surface area contributed by atoms with Crippen LogP contribution in [-0.4, -0.2) is 15.6 Å². The fraction of sp³-hybridized carbons (Fsp3) is 0.611. The molecule has 0 bridgehead atoms. The molecule has 114 valence electrons. The molecule has 1 fully saturated rings. The van der Waals surface area contributed by atoms with Gasteiger partial charge in [0.05, 0.1) is 11.0 Å². The molecule has 3 nitrogen and oxygen atoms in total. The zero-order valence-corrected chi connectivity index (χ0v) is 13.3. The number of nitrogens with two attached hydrogens (primary N) is 1. The van der Waals surface area contributed by atoms with Gasteiger partial charge in [-0.15, -0.1) is 0 Å². The van der Waals surface area contributed by atoms with E-state index in [-0.39, 0.29) is 6.04 Å². The number of benzene rings is 1. The monoisotopic (exact) mass is 285 g/mol. The molecule has 1 aromatic heterocycles. The number of imidazole rings is 1. The van der Waals surface area contributed by atoms with E-state index in [1.54, 1.807) is 0 Å². The smallest absolute Gasteiger partial charge is 0.114 e. The molecule has 0 amide bonds. The molecule has 0 aliphatic heterocycles. The molecule has 2 atom stereocenters. The molecule has 2 N–H and O–H groups in total. The first-order valence-corrected chi connectivity index (χ1v) is 8.43. The Bertz CT molecular complexity index is 614. The number of nitrogens with zero attached hydrogens (tertiary/aromatic N) is 2. The summed E-state index contributed by atoms with van der Waals surface area (Å²) in [5.74, 6) is 1.65. The number of hydrogen-bond acceptors (Lipinski definition) is 2. The van der Waals surface area contributed by atoms with Crippen molar-refractivity contribution >= 4 is 11.0 Å². The summed E-state index contributed by atoms with van der Waals surface area (Å²) in [6, 6.07) is 6.88. The third-order valence-electron chi connectivity index (χ3n) is 4.78. The van der Waals surface area contributed by atoms with Crippen molar-refractivity contribution < 1.29 is 0 Å². The lowest BCUT2D eigenvalue weighted by atomic mass is 9.94. The van der Waals surface area contributed by atoms with Gasteiger partial charge in [-0.2, -0.15) is 0 Å². The summed E-state index contributed by atoms with van der Waals surface area (Å²) in [6.07, 6.45) is 7.33. The van der Waals surface area contributed by atoms with E-state index in [2.05, 4.69) is 36.6 Å². The van der Waals surface area contributed by atoms with Crippen LogP contribution in [0.5, 0.6) is 0 Å². The van der Waals surface area contributed by atoms with Crippen LogP contribution in [0.25, 0.3) is 11.0 Å². The Hall–Kier alpha value is -1.35. The molecule has 21 heavy (non-hydrogen) atoms. The second-order valence-electron chi connectivity index (χ2n) is 6.52. The SMILES string of the molecule is CCCn1c(C2CCCCCC2N)nc2cc(C)ccc21. The van der Waals surface area contributed by atoms with Crippen LogP contribution in [0.4, 0.5) is 0 Å². The van der Waals surface area contributed by atoms with Crippen molar-refractivity contribution in [3.8, 4) is 0 Å². The van der Waals surface area contributed by atoms with Crippen LogP contribution in [0.3, 0.4) is 0 Å². The summed E-state index contributed by atoms with van der Waals surface area (Å²) in [7, 11) is 0. The lowest BCUT2D eigenvalue weighted by molar-refractivity contribution is 0.463. The van der Waals surface area contributed by atoms with Crippen LogP contribution in [0.1, 0.15) is 62.8 Å². The Morgan fingerprint density at radius 3 is 2.86 bits per heavy atom. The molecule has 2 aromatic rings. The largest absolute Gasteiger partial charge is 0.328 e. The number of rotatable bonds is 3. The van der Waals surface area contributed by atoms with Gasteiger partial charge in [0.1, 0.15) is 5.82 Å². The van der Waals surface area contributed by atoms with Crippen molar-refractivity contribution in [3.05, 3.63) is 29.6 Å². The van der Waals surface area contributed by atoms with Gasteiger partial charge >= 0.3 is 0 Å². The molecule has 0 spiro atoms.